The Labute approximate surface area is 67.4 Å². The molecule has 62 valence electrons. The highest BCUT2D eigenvalue weighted by atomic mass is 28.3. The van der Waals surface area contributed by atoms with Gasteiger partial charge in [-0.05, 0) is 12.5 Å². The third-order valence-corrected chi connectivity index (χ3v) is 4.44. The van der Waals surface area contributed by atoms with Crippen LogP contribution >= 0.6 is 0 Å². The molecule has 0 radical (unpaired) electrons. The van der Waals surface area contributed by atoms with Crippen LogP contribution in [-0.4, -0.2) is 26.7 Å². The molecule has 0 aliphatic carbocycles. The van der Waals surface area contributed by atoms with Crippen LogP contribution in [0.3, 0.4) is 0 Å². The molecule has 0 aromatic heterocycles. The molecular formula is C7H12O3Si. The van der Waals surface area contributed by atoms with Crippen molar-refractivity contribution < 1.29 is 14.3 Å². The molecule has 1 atom stereocenters. The summed E-state index contributed by atoms with van der Waals surface area (Å²) in [6.45, 7) is 4.24. The highest BCUT2D eigenvalue weighted by molar-refractivity contribution is 6.66. The van der Waals surface area contributed by atoms with Crippen LogP contribution in [0.5, 0.6) is 0 Å². The lowest BCUT2D eigenvalue weighted by atomic mass is 10.4. The predicted molar refractivity (Wildman–Crippen MR) is 43.9 cm³/mol. The van der Waals surface area contributed by atoms with Gasteiger partial charge in [0.2, 0.25) is 9.04 Å². The summed E-state index contributed by atoms with van der Waals surface area (Å²) in [4.78, 5) is 10.5. The van der Waals surface area contributed by atoms with E-state index in [0.717, 1.165) is 25.5 Å². The van der Waals surface area contributed by atoms with Gasteiger partial charge in [-0.2, -0.15) is 0 Å². The molecule has 11 heavy (non-hydrogen) atoms. The third-order valence-electron chi connectivity index (χ3n) is 1.84. The molecule has 1 rings (SSSR count). The van der Waals surface area contributed by atoms with E-state index < -0.39 is 15.0 Å². The van der Waals surface area contributed by atoms with Crippen LogP contribution in [0.2, 0.25) is 6.04 Å². The molecule has 0 aromatic carbocycles. The number of hydrogen-bond donors (Lipinski definition) is 1. The maximum absolute atomic E-state index is 10.5. The number of aliphatic carboxylic acids is 1. The minimum Gasteiger partial charge on any atom is -0.478 e. The summed E-state index contributed by atoms with van der Waals surface area (Å²) in [7, 11) is -1.57. The van der Waals surface area contributed by atoms with Crippen molar-refractivity contribution in [2.24, 2.45) is 0 Å². The Morgan fingerprint density at radius 1 is 1.55 bits per heavy atom. The van der Waals surface area contributed by atoms with Gasteiger partial charge in [-0.25, -0.2) is 4.79 Å². The zero-order valence-electron chi connectivity index (χ0n) is 6.38. The zero-order chi connectivity index (χ0) is 8.27. The van der Waals surface area contributed by atoms with Crippen molar-refractivity contribution in [1.82, 2.24) is 0 Å². The number of carboxylic acids is 1. The van der Waals surface area contributed by atoms with Crippen molar-refractivity contribution >= 4 is 15.0 Å². The van der Waals surface area contributed by atoms with Gasteiger partial charge < -0.3 is 9.53 Å². The molecule has 1 fully saturated rings. The third kappa shape index (κ3) is 2.16. The van der Waals surface area contributed by atoms with Crippen molar-refractivity contribution in [2.45, 2.75) is 18.9 Å². The quantitative estimate of drug-likeness (QED) is 0.492. The van der Waals surface area contributed by atoms with Crippen LogP contribution in [0.25, 0.3) is 0 Å². The van der Waals surface area contributed by atoms with Gasteiger partial charge in [0.25, 0.3) is 0 Å². The van der Waals surface area contributed by atoms with Crippen molar-refractivity contribution in [3.63, 3.8) is 0 Å². The molecule has 0 bridgehead atoms. The summed E-state index contributed by atoms with van der Waals surface area (Å²) in [6, 6.07) is 0.936. The van der Waals surface area contributed by atoms with Crippen LogP contribution < -0.4 is 0 Å². The second kappa shape index (κ2) is 3.68. The van der Waals surface area contributed by atoms with Crippen LogP contribution in [0.1, 0.15) is 12.8 Å². The summed E-state index contributed by atoms with van der Waals surface area (Å²) < 4.78 is 5.36. The van der Waals surface area contributed by atoms with Crippen molar-refractivity contribution in [3.05, 3.63) is 11.8 Å². The maximum Gasteiger partial charge on any atom is 0.329 e. The first kappa shape index (κ1) is 8.48. The van der Waals surface area contributed by atoms with E-state index in [2.05, 4.69) is 6.58 Å². The van der Waals surface area contributed by atoms with Gasteiger partial charge in [0.1, 0.15) is 0 Å². The van der Waals surface area contributed by atoms with Gasteiger partial charge >= 0.3 is 5.97 Å². The molecule has 1 aliphatic heterocycles. The zero-order valence-corrected chi connectivity index (χ0v) is 7.53. The normalized spacial score (nSPS) is 24.5. The lowest BCUT2D eigenvalue weighted by Crippen LogP contribution is -2.29. The largest absolute Gasteiger partial charge is 0.478 e. The number of carbonyl (C=O) groups is 1. The molecule has 1 heterocycles. The van der Waals surface area contributed by atoms with E-state index >= 15 is 0 Å². The Morgan fingerprint density at radius 2 is 2.27 bits per heavy atom. The average molecular weight is 172 g/mol. The Bertz CT molecular complexity index is 173. The first-order valence-electron chi connectivity index (χ1n) is 3.75. The smallest absolute Gasteiger partial charge is 0.329 e. The molecule has 1 unspecified atom stereocenters. The highest BCUT2D eigenvalue weighted by Gasteiger charge is 2.23. The summed E-state index contributed by atoms with van der Waals surface area (Å²) in [5, 5.41) is 8.91. The van der Waals surface area contributed by atoms with Gasteiger partial charge in [0.05, 0.1) is 0 Å². The van der Waals surface area contributed by atoms with Gasteiger partial charge in [-0.3, -0.25) is 0 Å². The molecular weight excluding hydrogens is 160 g/mol. The van der Waals surface area contributed by atoms with Crippen molar-refractivity contribution in [3.8, 4) is 0 Å². The Kier molecular flexibility index (Phi) is 2.84. The van der Waals surface area contributed by atoms with Crippen molar-refractivity contribution in [1.29, 1.82) is 0 Å². The Hall–Kier alpha value is -0.613. The van der Waals surface area contributed by atoms with Gasteiger partial charge in [0, 0.05) is 11.8 Å². The van der Waals surface area contributed by atoms with E-state index in [0.29, 0.717) is 5.20 Å². The van der Waals surface area contributed by atoms with E-state index in [9.17, 15) is 4.79 Å². The minimum atomic E-state index is -1.57. The van der Waals surface area contributed by atoms with Crippen LogP contribution in [0.4, 0.5) is 0 Å². The van der Waals surface area contributed by atoms with Crippen LogP contribution in [0.15, 0.2) is 11.8 Å². The molecule has 4 heteroatoms. The molecule has 3 nitrogen and oxygen atoms in total. The second-order valence-corrected chi connectivity index (χ2v) is 5.27. The van der Waals surface area contributed by atoms with Gasteiger partial charge in [-0.15, -0.1) is 0 Å². The Morgan fingerprint density at radius 3 is 2.73 bits per heavy atom. The van der Waals surface area contributed by atoms with E-state index in [1.807, 2.05) is 0 Å². The van der Waals surface area contributed by atoms with E-state index in [4.69, 9.17) is 9.53 Å². The van der Waals surface area contributed by atoms with Crippen LogP contribution in [-0.2, 0) is 9.22 Å². The minimum absolute atomic E-state index is 0.324. The molecule has 0 saturated carbocycles. The molecule has 1 N–H and O–H groups in total. The SMILES string of the molecule is C=C(C(=O)O)[SiH]1CCCCO1. The fourth-order valence-corrected chi connectivity index (χ4v) is 3.26. The molecule has 1 saturated heterocycles. The van der Waals surface area contributed by atoms with E-state index in [1.54, 1.807) is 0 Å². The highest BCUT2D eigenvalue weighted by Crippen LogP contribution is 2.15. The molecule has 0 aromatic rings. The lowest BCUT2D eigenvalue weighted by Gasteiger charge is -2.20. The first-order chi connectivity index (χ1) is 5.22. The standard InChI is InChI=1S/C7H12O3Si/c1-6(7(8)9)11-5-3-2-4-10-11/h11H,1-5H2,(H,8,9). The first-order valence-corrected chi connectivity index (χ1v) is 5.62. The lowest BCUT2D eigenvalue weighted by molar-refractivity contribution is -0.132. The number of hydrogen-bond acceptors (Lipinski definition) is 2. The monoisotopic (exact) mass is 172 g/mol. The van der Waals surface area contributed by atoms with Crippen molar-refractivity contribution in [2.75, 3.05) is 6.61 Å². The molecule has 1 aliphatic rings. The summed E-state index contributed by atoms with van der Waals surface area (Å²) in [5.41, 5.74) is 0. The fourth-order valence-electron chi connectivity index (χ4n) is 1.15. The maximum atomic E-state index is 10.5. The van der Waals surface area contributed by atoms with E-state index in [1.165, 1.54) is 0 Å². The van der Waals surface area contributed by atoms with E-state index in [-0.39, 0.29) is 0 Å². The van der Waals surface area contributed by atoms with Crippen LogP contribution in [0, 0.1) is 0 Å². The topological polar surface area (TPSA) is 46.5 Å². The van der Waals surface area contributed by atoms with Gasteiger partial charge in [-0.1, -0.05) is 13.0 Å². The average Bonchev–Trinajstić information content (AvgIpc) is 2.05. The summed E-state index contributed by atoms with van der Waals surface area (Å²) in [6.07, 6.45) is 2.17. The Balaban J connectivity index is 2.45. The number of rotatable bonds is 2. The predicted octanol–water partition coefficient (Wildman–Crippen LogP) is 0.701. The summed E-state index contributed by atoms with van der Waals surface area (Å²) >= 11 is 0. The second-order valence-electron chi connectivity index (χ2n) is 2.69. The van der Waals surface area contributed by atoms with Gasteiger partial charge in [0.15, 0.2) is 0 Å². The fraction of sp³-hybridized carbons (Fsp3) is 0.571. The number of carboxylic acid groups (broad SMARTS) is 1. The molecule has 0 spiro atoms. The summed E-state index contributed by atoms with van der Waals surface area (Å²) in [5.74, 6) is -0.886. The molecule has 0 amide bonds.